The second-order valence-corrected chi connectivity index (χ2v) is 2.95. The maximum Gasteiger partial charge on any atom is 0.153 e. The van der Waals surface area contributed by atoms with Gasteiger partial charge in [0.15, 0.2) is 6.29 Å². The van der Waals surface area contributed by atoms with E-state index >= 15 is 0 Å². The van der Waals surface area contributed by atoms with Gasteiger partial charge in [-0.2, -0.15) is 0 Å². The van der Waals surface area contributed by atoms with Crippen molar-refractivity contribution < 1.29 is 13.6 Å². The van der Waals surface area contributed by atoms with Crippen LogP contribution in [0.1, 0.15) is 10.4 Å². The molecular formula is C11H6F2O. The lowest BCUT2D eigenvalue weighted by atomic mass is 10.1. The van der Waals surface area contributed by atoms with Gasteiger partial charge in [-0.05, 0) is 29.7 Å². The summed E-state index contributed by atoms with van der Waals surface area (Å²) in [4.78, 5) is 10.4. The van der Waals surface area contributed by atoms with Gasteiger partial charge in [0.05, 0.1) is 5.56 Å². The van der Waals surface area contributed by atoms with E-state index in [-0.39, 0.29) is 10.9 Å². The lowest BCUT2D eigenvalue weighted by Crippen LogP contribution is -1.89. The highest BCUT2D eigenvalue weighted by atomic mass is 19.1. The molecule has 1 nitrogen and oxygen atoms in total. The Kier molecular flexibility index (Phi) is 2.00. The first-order chi connectivity index (χ1) is 6.72. The Hall–Kier alpha value is -1.77. The van der Waals surface area contributed by atoms with Gasteiger partial charge in [-0.15, -0.1) is 0 Å². The SMILES string of the molecule is O=Cc1ccc2cc(F)ccc2c1F. The second-order valence-electron chi connectivity index (χ2n) is 2.95. The maximum absolute atomic E-state index is 13.4. The number of hydrogen-bond acceptors (Lipinski definition) is 1. The summed E-state index contributed by atoms with van der Waals surface area (Å²) in [6.07, 6.45) is 0.443. The van der Waals surface area contributed by atoms with Gasteiger partial charge in [0.25, 0.3) is 0 Å². The Balaban J connectivity index is 2.83. The molecule has 0 bridgehead atoms. The summed E-state index contributed by atoms with van der Waals surface area (Å²) < 4.78 is 26.2. The van der Waals surface area contributed by atoms with Gasteiger partial charge >= 0.3 is 0 Å². The van der Waals surface area contributed by atoms with Crippen LogP contribution in [-0.4, -0.2) is 6.29 Å². The van der Waals surface area contributed by atoms with Gasteiger partial charge in [0.2, 0.25) is 0 Å². The smallest absolute Gasteiger partial charge is 0.153 e. The molecule has 0 saturated carbocycles. The number of aldehydes is 1. The molecule has 0 aliphatic heterocycles. The molecule has 0 aliphatic rings. The summed E-state index contributed by atoms with van der Waals surface area (Å²) in [7, 11) is 0. The highest BCUT2D eigenvalue weighted by Crippen LogP contribution is 2.20. The fourth-order valence-electron chi connectivity index (χ4n) is 1.37. The van der Waals surface area contributed by atoms with Crippen molar-refractivity contribution in [3.8, 4) is 0 Å². The molecule has 0 aliphatic carbocycles. The van der Waals surface area contributed by atoms with Crippen LogP contribution in [0.25, 0.3) is 10.8 Å². The van der Waals surface area contributed by atoms with Gasteiger partial charge in [0.1, 0.15) is 11.6 Å². The number of rotatable bonds is 1. The van der Waals surface area contributed by atoms with E-state index in [9.17, 15) is 13.6 Å². The number of benzene rings is 2. The fourth-order valence-corrected chi connectivity index (χ4v) is 1.37. The summed E-state index contributed by atoms with van der Waals surface area (Å²) >= 11 is 0. The molecule has 2 aromatic carbocycles. The van der Waals surface area contributed by atoms with Gasteiger partial charge in [-0.1, -0.05) is 6.07 Å². The Labute approximate surface area is 79.0 Å². The predicted octanol–water partition coefficient (Wildman–Crippen LogP) is 2.93. The van der Waals surface area contributed by atoms with Crippen LogP contribution in [0.4, 0.5) is 8.78 Å². The van der Waals surface area contributed by atoms with Crippen LogP contribution in [0.3, 0.4) is 0 Å². The fraction of sp³-hybridized carbons (Fsp3) is 0. The first-order valence-corrected chi connectivity index (χ1v) is 4.05. The van der Waals surface area contributed by atoms with E-state index in [4.69, 9.17) is 0 Å². The molecule has 0 unspecified atom stereocenters. The molecule has 0 saturated heterocycles. The Morgan fingerprint density at radius 3 is 2.57 bits per heavy atom. The number of fused-ring (bicyclic) bond motifs is 1. The molecule has 0 N–H and O–H groups in total. The first kappa shape index (κ1) is 8.81. The molecule has 0 heterocycles. The summed E-state index contributed by atoms with van der Waals surface area (Å²) in [5.74, 6) is -1.02. The molecule has 2 aromatic rings. The summed E-state index contributed by atoms with van der Waals surface area (Å²) in [6.45, 7) is 0. The summed E-state index contributed by atoms with van der Waals surface area (Å²) in [5, 5.41) is 0.712. The third-order valence-electron chi connectivity index (χ3n) is 2.07. The number of carbonyl (C=O) groups is 1. The van der Waals surface area contributed by atoms with Crippen molar-refractivity contribution in [1.82, 2.24) is 0 Å². The minimum Gasteiger partial charge on any atom is -0.298 e. The van der Waals surface area contributed by atoms with Crippen LogP contribution in [0.5, 0.6) is 0 Å². The maximum atomic E-state index is 13.4. The van der Waals surface area contributed by atoms with Crippen molar-refractivity contribution in [2.45, 2.75) is 0 Å². The zero-order chi connectivity index (χ0) is 10.1. The van der Waals surface area contributed by atoms with Crippen molar-refractivity contribution in [3.05, 3.63) is 47.5 Å². The topological polar surface area (TPSA) is 17.1 Å². The van der Waals surface area contributed by atoms with E-state index < -0.39 is 11.6 Å². The Morgan fingerprint density at radius 2 is 1.86 bits per heavy atom. The molecule has 0 amide bonds. The monoisotopic (exact) mass is 192 g/mol. The lowest BCUT2D eigenvalue weighted by molar-refractivity contribution is 0.112. The normalized spacial score (nSPS) is 10.4. The zero-order valence-corrected chi connectivity index (χ0v) is 7.13. The van der Waals surface area contributed by atoms with Crippen molar-refractivity contribution in [3.63, 3.8) is 0 Å². The van der Waals surface area contributed by atoms with Crippen molar-refractivity contribution >= 4 is 17.1 Å². The molecule has 14 heavy (non-hydrogen) atoms. The van der Waals surface area contributed by atoms with Crippen LogP contribution in [0.15, 0.2) is 30.3 Å². The average molecular weight is 192 g/mol. The van der Waals surface area contributed by atoms with Crippen LogP contribution in [-0.2, 0) is 0 Å². The molecule has 0 radical (unpaired) electrons. The summed E-state index contributed by atoms with van der Waals surface area (Å²) in [6, 6.07) is 6.58. The van der Waals surface area contributed by atoms with Gasteiger partial charge in [-0.25, -0.2) is 8.78 Å². The standard InChI is InChI=1S/C11H6F2O/c12-9-3-4-10-7(5-9)1-2-8(6-14)11(10)13/h1-6H. The third kappa shape index (κ3) is 1.27. The highest BCUT2D eigenvalue weighted by molar-refractivity contribution is 5.89. The van der Waals surface area contributed by atoms with Crippen LogP contribution >= 0.6 is 0 Å². The van der Waals surface area contributed by atoms with Crippen molar-refractivity contribution in [2.24, 2.45) is 0 Å². The van der Waals surface area contributed by atoms with Gasteiger partial charge in [0, 0.05) is 5.39 Å². The average Bonchev–Trinajstić information content (AvgIpc) is 2.18. The molecule has 3 heteroatoms. The van der Waals surface area contributed by atoms with E-state index in [1.54, 1.807) is 0 Å². The van der Waals surface area contributed by atoms with Crippen LogP contribution in [0, 0.1) is 11.6 Å². The third-order valence-corrected chi connectivity index (χ3v) is 2.07. The van der Waals surface area contributed by atoms with E-state index in [0.717, 1.165) is 0 Å². The van der Waals surface area contributed by atoms with E-state index in [1.165, 1.54) is 30.3 Å². The molecule has 70 valence electrons. The first-order valence-electron chi connectivity index (χ1n) is 4.05. The Bertz CT molecular complexity index is 506. The Morgan fingerprint density at radius 1 is 1.07 bits per heavy atom. The highest BCUT2D eigenvalue weighted by Gasteiger charge is 2.06. The second kappa shape index (κ2) is 3.18. The number of hydrogen-bond donors (Lipinski definition) is 0. The molecule has 0 spiro atoms. The van der Waals surface area contributed by atoms with Crippen LogP contribution < -0.4 is 0 Å². The van der Waals surface area contributed by atoms with E-state index in [0.29, 0.717) is 11.7 Å². The van der Waals surface area contributed by atoms with E-state index in [2.05, 4.69) is 0 Å². The number of carbonyl (C=O) groups excluding carboxylic acids is 1. The van der Waals surface area contributed by atoms with Gasteiger partial charge < -0.3 is 0 Å². The minimum absolute atomic E-state index is 0.0101. The van der Waals surface area contributed by atoms with E-state index in [1.807, 2.05) is 0 Å². The largest absolute Gasteiger partial charge is 0.298 e. The number of halogens is 2. The summed E-state index contributed by atoms with van der Waals surface area (Å²) in [5.41, 5.74) is -0.0101. The molecule has 0 atom stereocenters. The quantitative estimate of drug-likeness (QED) is 0.635. The lowest BCUT2D eigenvalue weighted by Gasteiger charge is -2.01. The van der Waals surface area contributed by atoms with Crippen molar-refractivity contribution in [2.75, 3.05) is 0 Å². The molecular weight excluding hydrogens is 186 g/mol. The molecule has 2 rings (SSSR count). The molecule has 0 fully saturated rings. The van der Waals surface area contributed by atoms with Crippen LogP contribution in [0.2, 0.25) is 0 Å². The predicted molar refractivity (Wildman–Crippen MR) is 49.3 cm³/mol. The van der Waals surface area contributed by atoms with Crippen molar-refractivity contribution in [1.29, 1.82) is 0 Å². The van der Waals surface area contributed by atoms with Gasteiger partial charge in [-0.3, -0.25) is 4.79 Å². The molecule has 0 aromatic heterocycles. The zero-order valence-electron chi connectivity index (χ0n) is 7.13. The minimum atomic E-state index is -0.600.